The van der Waals surface area contributed by atoms with Crippen LogP contribution in [0.25, 0.3) is 0 Å². The minimum absolute atomic E-state index is 0.0424. The van der Waals surface area contributed by atoms with E-state index in [2.05, 4.69) is 5.32 Å². The van der Waals surface area contributed by atoms with E-state index in [1.54, 1.807) is 6.92 Å². The summed E-state index contributed by atoms with van der Waals surface area (Å²) < 4.78 is 2.47. The topological polar surface area (TPSA) is 99.1 Å². The molecule has 98 valence electrons. The normalized spacial score (nSPS) is 18.9. The molecule has 18 heavy (non-hydrogen) atoms. The van der Waals surface area contributed by atoms with E-state index in [0.717, 1.165) is 4.57 Å². The summed E-state index contributed by atoms with van der Waals surface area (Å²) in [6, 6.07) is -0.171. The maximum Gasteiger partial charge on any atom is 0.331 e. The van der Waals surface area contributed by atoms with Crippen molar-refractivity contribution in [2.45, 2.75) is 38.9 Å². The average molecular weight is 252 g/mol. The first-order valence-electron chi connectivity index (χ1n) is 5.92. The molecule has 0 radical (unpaired) electrons. The van der Waals surface area contributed by atoms with E-state index in [-0.39, 0.29) is 24.2 Å². The molecule has 1 atom stereocenters. The number of rotatable bonds is 3. The molecule has 7 nitrogen and oxygen atoms in total. The predicted molar refractivity (Wildman–Crippen MR) is 66.2 cm³/mol. The molecule has 1 amide bonds. The largest absolute Gasteiger partial charge is 0.393 e. The number of amides is 1. The number of nitrogen functional groups attached to an aromatic ring is 1. The summed E-state index contributed by atoms with van der Waals surface area (Å²) in [6.07, 6.45) is 2.42. The minimum atomic E-state index is -0.495. The molecule has 0 bridgehead atoms. The molecule has 0 saturated carbocycles. The fourth-order valence-electron chi connectivity index (χ4n) is 2.10. The second-order valence-electron chi connectivity index (χ2n) is 4.37. The van der Waals surface area contributed by atoms with Gasteiger partial charge < -0.3 is 11.1 Å². The van der Waals surface area contributed by atoms with Crippen LogP contribution in [0.2, 0.25) is 0 Å². The molecule has 0 spiro atoms. The second-order valence-corrected chi connectivity index (χ2v) is 4.37. The molecule has 1 fully saturated rings. The number of carbonyl (C=O) groups is 1. The quantitative estimate of drug-likeness (QED) is 0.712. The van der Waals surface area contributed by atoms with E-state index < -0.39 is 11.2 Å². The lowest BCUT2D eigenvalue weighted by Crippen LogP contribution is -2.44. The Hall–Kier alpha value is -2.05. The lowest BCUT2D eigenvalue weighted by molar-refractivity contribution is -0.119. The van der Waals surface area contributed by atoms with Crippen molar-refractivity contribution in [2.24, 2.45) is 0 Å². The number of aromatic nitrogens is 2. The van der Waals surface area contributed by atoms with Crippen LogP contribution < -0.4 is 22.3 Å². The molecule has 1 saturated heterocycles. The Morgan fingerprint density at radius 1 is 1.44 bits per heavy atom. The summed E-state index contributed by atoms with van der Waals surface area (Å²) in [5.41, 5.74) is 4.74. The summed E-state index contributed by atoms with van der Waals surface area (Å²) in [7, 11) is 0. The van der Waals surface area contributed by atoms with Gasteiger partial charge in [0.15, 0.2) is 0 Å². The van der Waals surface area contributed by atoms with Crippen LogP contribution in [0, 0.1) is 0 Å². The Labute approximate surface area is 103 Å². The molecule has 1 aromatic heterocycles. The molecular weight excluding hydrogens is 236 g/mol. The standard InChI is InChI=1S/C11H16N4O3/c1-2-14-6-8(12)10(17)15(11(14)18)5-7-3-4-9(16)13-7/h6-7H,2-5,12H2,1H3,(H,13,16). The third-order valence-electron chi connectivity index (χ3n) is 3.09. The van der Waals surface area contributed by atoms with Gasteiger partial charge in [-0.2, -0.15) is 0 Å². The van der Waals surface area contributed by atoms with Gasteiger partial charge in [-0.15, -0.1) is 0 Å². The van der Waals surface area contributed by atoms with Crippen molar-refractivity contribution < 1.29 is 4.79 Å². The number of aryl methyl sites for hydroxylation is 1. The first-order chi connectivity index (χ1) is 8.52. The molecule has 1 aliphatic heterocycles. The van der Waals surface area contributed by atoms with Crippen molar-refractivity contribution in [2.75, 3.05) is 5.73 Å². The minimum Gasteiger partial charge on any atom is -0.393 e. The summed E-state index contributed by atoms with van der Waals surface area (Å²) in [6.45, 7) is 2.42. The fraction of sp³-hybridized carbons (Fsp3) is 0.545. The van der Waals surface area contributed by atoms with Gasteiger partial charge in [0.1, 0.15) is 5.69 Å². The Kier molecular flexibility index (Phi) is 3.22. The smallest absolute Gasteiger partial charge is 0.331 e. The number of hydrogen-bond acceptors (Lipinski definition) is 4. The van der Waals surface area contributed by atoms with Gasteiger partial charge in [0.25, 0.3) is 5.56 Å². The summed E-state index contributed by atoms with van der Waals surface area (Å²) in [5, 5.41) is 2.73. The summed E-state index contributed by atoms with van der Waals surface area (Å²) in [5.74, 6) is -0.0484. The number of hydrogen-bond donors (Lipinski definition) is 2. The molecule has 2 rings (SSSR count). The predicted octanol–water partition coefficient (Wildman–Crippen LogP) is -1.11. The van der Waals surface area contributed by atoms with Crippen LogP contribution in [-0.2, 0) is 17.9 Å². The number of anilines is 1. The molecule has 3 N–H and O–H groups in total. The van der Waals surface area contributed by atoms with Crippen LogP contribution in [0.4, 0.5) is 5.69 Å². The van der Waals surface area contributed by atoms with Crippen molar-refractivity contribution in [1.29, 1.82) is 0 Å². The molecule has 0 aromatic carbocycles. The van der Waals surface area contributed by atoms with E-state index >= 15 is 0 Å². The molecule has 7 heteroatoms. The first kappa shape index (κ1) is 12.4. The number of carbonyl (C=O) groups excluding carboxylic acids is 1. The fourth-order valence-corrected chi connectivity index (χ4v) is 2.10. The van der Waals surface area contributed by atoms with Crippen molar-refractivity contribution in [3.8, 4) is 0 Å². The van der Waals surface area contributed by atoms with Crippen molar-refractivity contribution >= 4 is 11.6 Å². The summed E-state index contributed by atoms with van der Waals surface area (Å²) in [4.78, 5) is 34.9. The highest BCUT2D eigenvalue weighted by atomic mass is 16.2. The van der Waals surface area contributed by atoms with Gasteiger partial charge in [0.2, 0.25) is 5.91 Å². The molecule has 0 aliphatic carbocycles. The number of nitrogens with zero attached hydrogens (tertiary/aromatic N) is 2. The Morgan fingerprint density at radius 2 is 2.17 bits per heavy atom. The van der Waals surface area contributed by atoms with Crippen LogP contribution in [-0.4, -0.2) is 21.1 Å². The van der Waals surface area contributed by atoms with E-state index in [4.69, 9.17) is 5.73 Å². The molecule has 1 aliphatic rings. The van der Waals surface area contributed by atoms with Gasteiger partial charge in [-0.05, 0) is 13.3 Å². The molecule has 2 heterocycles. The van der Waals surface area contributed by atoms with Gasteiger partial charge in [0.05, 0.1) is 6.54 Å². The molecular formula is C11H16N4O3. The molecule has 1 unspecified atom stereocenters. The van der Waals surface area contributed by atoms with Crippen molar-refractivity contribution in [1.82, 2.24) is 14.5 Å². The average Bonchev–Trinajstić information content (AvgIpc) is 2.75. The monoisotopic (exact) mass is 252 g/mol. The summed E-state index contributed by atoms with van der Waals surface area (Å²) >= 11 is 0. The van der Waals surface area contributed by atoms with Crippen LogP contribution in [0.15, 0.2) is 15.8 Å². The van der Waals surface area contributed by atoms with Gasteiger partial charge in [0, 0.05) is 25.2 Å². The van der Waals surface area contributed by atoms with E-state index in [1.807, 2.05) is 0 Å². The van der Waals surface area contributed by atoms with Gasteiger partial charge in [-0.1, -0.05) is 0 Å². The van der Waals surface area contributed by atoms with Crippen LogP contribution in [0.5, 0.6) is 0 Å². The number of nitrogens with two attached hydrogens (primary N) is 1. The second kappa shape index (κ2) is 4.67. The number of nitrogens with one attached hydrogen (secondary N) is 1. The highest BCUT2D eigenvalue weighted by Gasteiger charge is 2.22. The van der Waals surface area contributed by atoms with Gasteiger partial charge >= 0.3 is 5.69 Å². The first-order valence-corrected chi connectivity index (χ1v) is 5.92. The Morgan fingerprint density at radius 3 is 2.72 bits per heavy atom. The lowest BCUT2D eigenvalue weighted by Gasteiger charge is -2.14. The Bertz CT molecular complexity index is 587. The van der Waals surface area contributed by atoms with Crippen molar-refractivity contribution in [3.05, 3.63) is 27.0 Å². The van der Waals surface area contributed by atoms with Crippen molar-refractivity contribution in [3.63, 3.8) is 0 Å². The SMILES string of the molecule is CCn1cc(N)c(=O)n(CC2CCC(=O)N2)c1=O. The van der Waals surface area contributed by atoms with Crippen LogP contribution >= 0.6 is 0 Å². The van der Waals surface area contributed by atoms with E-state index in [1.165, 1.54) is 10.8 Å². The zero-order valence-electron chi connectivity index (χ0n) is 10.2. The van der Waals surface area contributed by atoms with E-state index in [9.17, 15) is 14.4 Å². The zero-order chi connectivity index (χ0) is 13.3. The van der Waals surface area contributed by atoms with Gasteiger partial charge in [-0.25, -0.2) is 4.79 Å². The van der Waals surface area contributed by atoms with Crippen LogP contribution in [0.3, 0.4) is 0 Å². The highest BCUT2D eigenvalue weighted by Crippen LogP contribution is 2.07. The van der Waals surface area contributed by atoms with Crippen LogP contribution in [0.1, 0.15) is 19.8 Å². The highest BCUT2D eigenvalue weighted by molar-refractivity contribution is 5.78. The molecule has 1 aromatic rings. The maximum absolute atomic E-state index is 12.0. The third-order valence-corrected chi connectivity index (χ3v) is 3.09. The van der Waals surface area contributed by atoms with Gasteiger partial charge in [-0.3, -0.25) is 18.7 Å². The maximum atomic E-state index is 12.0. The Balaban J connectivity index is 2.38. The zero-order valence-corrected chi connectivity index (χ0v) is 10.2. The lowest BCUT2D eigenvalue weighted by atomic mass is 10.2. The third kappa shape index (κ3) is 2.15. The van der Waals surface area contributed by atoms with E-state index in [0.29, 0.717) is 19.4 Å².